The quantitative estimate of drug-likeness (QED) is 0.206. The maximum absolute atomic E-state index is 12.4. The third-order valence-electron chi connectivity index (χ3n) is 5.93. The van der Waals surface area contributed by atoms with Crippen molar-refractivity contribution < 1.29 is 14.3 Å². The number of nitrogens with one attached hydrogen (secondary N) is 1. The third-order valence-corrected chi connectivity index (χ3v) is 5.93. The van der Waals surface area contributed by atoms with Crippen LogP contribution in [0.3, 0.4) is 0 Å². The van der Waals surface area contributed by atoms with E-state index in [0.717, 1.165) is 39.6 Å². The van der Waals surface area contributed by atoms with E-state index in [-0.39, 0.29) is 18.3 Å². The molecule has 4 rings (SSSR count). The predicted octanol–water partition coefficient (Wildman–Crippen LogP) is 5.27. The summed E-state index contributed by atoms with van der Waals surface area (Å²) in [6, 6.07) is 25.2. The molecule has 1 aromatic heterocycles. The fourth-order valence-electron chi connectivity index (χ4n) is 3.97. The summed E-state index contributed by atoms with van der Waals surface area (Å²) < 4.78 is 8.33. The average Bonchev–Trinajstić information content (AvgIpc) is 3.24. The van der Waals surface area contributed by atoms with Crippen molar-refractivity contribution in [1.82, 2.24) is 9.05 Å². The standard InChI is InChI=1S/C29H31N3O3/c1-32(2,3)26-13-10-22(11-14-26)20-28(33)35-19-7-17-31-18-16-24-21-25(12-15-27(24)31)30-29(34)23-8-5-4-6-9-23/h4-6,8-16,18,21H,7,17,19-20H2,1-3H3/p+1. The van der Waals surface area contributed by atoms with Crippen LogP contribution in [-0.4, -0.2) is 44.2 Å². The largest absolute Gasteiger partial charge is 0.465 e. The number of rotatable bonds is 9. The highest BCUT2D eigenvalue weighted by atomic mass is 16.5. The van der Waals surface area contributed by atoms with Crippen LogP contribution in [0.25, 0.3) is 10.9 Å². The van der Waals surface area contributed by atoms with Crippen LogP contribution in [0.5, 0.6) is 0 Å². The smallest absolute Gasteiger partial charge is 0.310 e. The lowest BCUT2D eigenvalue weighted by Gasteiger charge is -2.23. The van der Waals surface area contributed by atoms with Gasteiger partial charge in [-0.25, -0.2) is 0 Å². The number of carbonyl (C=O) groups excluding carboxylic acids is 2. The van der Waals surface area contributed by atoms with Crippen molar-refractivity contribution in [2.45, 2.75) is 19.4 Å². The molecule has 0 atom stereocenters. The van der Waals surface area contributed by atoms with E-state index in [1.54, 1.807) is 12.1 Å². The first-order chi connectivity index (χ1) is 16.8. The van der Waals surface area contributed by atoms with E-state index in [2.05, 4.69) is 43.2 Å². The van der Waals surface area contributed by atoms with E-state index < -0.39 is 0 Å². The van der Waals surface area contributed by atoms with Crippen LogP contribution in [0.1, 0.15) is 22.3 Å². The highest BCUT2D eigenvalue weighted by Crippen LogP contribution is 2.22. The zero-order valence-corrected chi connectivity index (χ0v) is 20.5. The Balaban J connectivity index is 1.25. The number of fused-ring (bicyclic) bond motifs is 1. The first kappa shape index (κ1) is 24.2. The third kappa shape index (κ3) is 6.37. The fraction of sp³-hybridized carbons (Fsp3) is 0.241. The van der Waals surface area contributed by atoms with Gasteiger partial charge >= 0.3 is 5.97 Å². The highest BCUT2D eigenvalue weighted by molar-refractivity contribution is 6.05. The lowest BCUT2D eigenvalue weighted by molar-refractivity contribution is -0.143. The molecule has 0 aliphatic carbocycles. The van der Waals surface area contributed by atoms with Gasteiger partial charge in [-0.2, -0.15) is 0 Å². The number of carbonyl (C=O) groups is 2. The number of quaternary nitrogens is 1. The van der Waals surface area contributed by atoms with Crippen LogP contribution in [0, 0.1) is 0 Å². The van der Waals surface area contributed by atoms with Crippen molar-refractivity contribution in [1.29, 1.82) is 0 Å². The lowest BCUT2D eigenvalue weighted by atomic mass is 10.1. The summed E-state index contributed by atoms with van der Waals surface area (Å²) in [5.74, 6) is -0.338. The van der Waals surface area contributed by atoms with Gasteiger partial charge in [0.05, 0.1) is 34.2 Å². The first-order valence-corrected chi connectivity index (χ1v) is 11.8. The number of hydrogen-bond donors (Lipinski definition) is 1. The van der Waals surface area contributed by atoms with Crippen molar-refractivity contribution >= 4 is 34.2 Å². The molecule has 1 heterocycles. The Morgan fingerprint density at radius 2 is 1.66 bits per heavy atom. The minimum absolute atomic E-state index is 0.129. The molecule has 3 aromatic carbocycles. The van der Waals surface area contributed by atoms with Crippen LogP contribution in [-0.2, 0) is 22.5 Å². The van der Waals surface area contributed by atoms with Crippen LogP contribution in [0.4, 0.5) is 11.4 Å². The topological polar surface area (TPSA) is 60.3 Å². The molecule has 0 aliphatic heterocycles. The molecule has 0 unspecified atom stereocenters. The summed E-state index contributed by atoms with van der Waals surface area (Å²) in [5, 5.41) is 3.99. The van der Waals surface area contributed by atoms with Gasteiger partial charge in [-0.15, -0.1) is 0 Å². The van der Waals surface area contributed by atoms with Gasteiger partial charge in [0.15, 0.2) is 0 Å². The van der Waals surface area contributed by atoms with Crippen LogP contribution in [0.2, 0.25) is 0 Å². The molecule has 0 radical (unpaired) electrons. The number of esters is 1. The predicted molar refractivity (Wildman–Crippen MR) is 142 cm³/mol. The number of aromatic nitrogens is 1. The summed E-state index contributed by atoms with van der Waals surface area (Å²) in [7, 11) is 6.33. The Hall–Kier alpha value is -3.90. The van der Waals surface area contributed by atoms with E-state index in [1.165, 1.54) is 5.69 Å². The van der Waals surface area contributed by atoms with Gasteiger partial charge in [0.25, 0.3) is 5.91 Å². The van der Waals surface area contributed by atoms with E-state index in [0.29, 0.717) is 12.2 Å². The molecule has 0 spiro atoms. The van der Waals surface area contributed by atoms with Crippen molar-refractivity contribution in [2.24, 2.45) is 0 Å². The summed E-state index contributed by atoms with van der Waals surface area (Å²) >= 11 is 0. The summed E-state index contributed by atoms with van der Waals surface area (Å²) in [4.78, 5) is 24.6. The Morgan fingerprint density at radius 1 is 0.914 bits per heavy atom. The summed E-state index contributed by atoms with van der Waals surface area (Å²) in [6.45, 7) is 1.12. The van der Waals surface area contributed by atoms with Crippen LogP contribution in [0.15, 0.2) is 85.1 Å². The summed E-state index contributed by atoms with van der Waals surface area (Å²) in [6.07, 6.45) is 3.02. The van der Waals surface area contributed by atoms with E-state index in [4.69, 9.17) is 4.74 Å². The maximum atomic E-state index is 12.4. The Labute approximate surface area is 206 Å². The molecule has 35 heavy (non-hydrogen) atoms. The van der Waals surface area contributed by atoms with E-state index in [9.17, 15) is 9.59 Å². The molecule has 1 N–H and O–H groups in total. The first-order valence-electron chi connectivity index (χ1n) is 11.8. The van der Waals surface area contributed by atoms with Gasteiger partial charge in [0, 0.05) is 34.9 Å². The van der Waals surface area contributed by atoms with Crippen molar-refractivity contribution in [3.63, 3.8) is 0 Å². The van der Waals surface area contributed by atoms with Gasteiger partial charge in [0.2, 0.25) is 0 Å². The number of ether oxygens (including phenoxy) is 1. The SMILES string of the molecule is C[N+](C)(C)c1ccc(CC(=O)OCCCn2ccc3cc(NC(=O)c4ccccc4)ccc32)cc1. The van der Waals surface area contributed by atoms with Gasteiger partial charge in [0.1, 0.15) is 5.69 Å². The minimum atomic E-state index is -0.209. The molecular formula is C29H32N3O3+. The van der Waals surface area contributed by atoms with Crippen molar-refractivity contribution in [2.75, 3.05) is 33.1 Å². The monoisotopic (exact) mass is 470 g/mol. The molecule has 0 fully saturated rings. The fourth-order valence-corrected chi connectivity index (χ4v) is 3.97. The van der Waals surface area contributed by atoms with Crippen LogP contribution >= 0.6 is 0 Å². The number of anilines is 1. The Kier molecular flexibility index (Phi) is 7.32. The molecule has 180 valence electrons. The lowest BCUT2D eigenvalue weighted by Crippen LogP contribution is -2.34. The van der Waals surface area contributed by atoms with Gasteiger partial charge in [-0.05, 0) is 60.5 Å². The summed E-state index contributed by atoms with van der Waals surface area (Å²) in [5.41, 5.74) is 4.60. The molecule has 0 bridgehead atoms. The molecular weight excluding hydrogens is 438 g/mol. The van der Waals surface area contributed by atoms with Crippen LogP contribution < -0.4 is 9.80 Å². The zero-order chi connectivity index (χ0) is 24.8. The molecule has 0 saturated heterocycles. The zero-order valence-electron chi connectivity index (χ0n) is 20.5. The minimum Gasteiger partial charge on any atom is -0.465 e. The maximum Gasteiger partial charge on any atom is 0.310 e. The van der Waals surface area contributed by atoms with E-state index in [1.807, 2.05) is 60.8 Å². The molecule has 4 aromatic rings. The van der Waals surface area contributed by atoms with Gasteiger partial charge in [-0.1, -0.05) is 30.3 Å². The highest BCUT2D eigenvalue weighted by Gasteiger charge is 2.12. The number of nitrogens with zero attached hydrogens (tertiary/aromatic N) is 2. The van der Waals surface area contributed by atoms with E-state index >= 15 is 0 Å². The van der Waals surface area contributed by atoms with Gasteiger partial charge < -0.3 is 14.6 Å². The second kappa shape index (κ2) is 10.6. The molecule has 0 saturated carbocycles. The van der Waals surface area contributed by atoms with Crippen molar-refractivity contribution in [3.05, 3.63) is 96.2 Å². The number of aryl methyl sites for hydroxylation is 1. The number of amides is 1. The Bertz CT molecular complexity index is 1300. The normalized spacial score (nSPS) is 11.4. The second-order valence-electron chi connectivity index (χ2n) is 9.53. The molecule has 6 heteroatoms. The van der Waals surface area contributed by atoms with Gasteiger partial charge in [-0.3, -0.25) is 14.1 Å². The number of benzene rings is 3. The second-order valence-corrected chi connectivity index (χ2v) is 9.53. The molecule has 0 aliphatic rings. The molecule has 1 amide bonds. The Morgan fingerprint density at radius 3 is 2.37 bits per heavy atom. The molecule has 6 nitrogen and oxygen atoms in total. The average molecular weight is 471 g/mol. The number of hydrogen-bond acceptors (Lipinski definition) is 3. The van der Waals surface area contributed by atoms with Crippen molar-refractivity contribution in [3.8, 4) is 0 Å².